The second-order valence-electron chi connectivity index (χ2n) is 7.79. The lowest BCUT2D eigenvalue weighted by molar-refractivity contribution is 0.931. The fraction of sp³-hybridized carbons (Fsp3) is 0.333. The molecule has 0 heteroatoms. The Balaban J connectivity index is 1.55. The number of hydrogen-bond donors (Lipinski definition) is 0. The van der Waals surface area contributed by atoms with Crippen molar-refractivity contribution in [2.24, 2.45) is 0 Å². The monoisotopic (exact) mass is 314 g/mol. The molecule has 2 aromatic carbocycles. The highest BCUT2D eigenvalue weighted by Gasteiger charge is 2.14. The maximum Gasteiger partial charge on any atom is -0.00605 e. The van der Waals surface area contributed by atoms with Crippen molar-refractivity contribution in [3.63, 3.8) is 0 Å². The van der Waals surface area contributed by atoms with Gasteiger partial charge in [-0.2, -0.15) is 0 Å². The highest BCUT2D eigenvalue weighted by atomic mass is 14.2. The van der Waals surface area contributed by atoms with Gasteiger partial charge in [-0.25, -0.2) is 0 Å². The molecule has 0 aliphatic heterocycles. The van der Waals surface area contributed by atoms with Crippen LogP contribution in [0.15, 0.2) is 35.4 Å². The fourth-order valence-corrected chi connectivity index (χ4v) is 4.27. The van der Waals surface area contributed by atoms with Crippen LogP contribution < -0.4 is 0 Å². The van der Waals surface area contributed by atoms with Gasteiger partial charge in [0.25, 0.3) is 0 Å². The van der Waals surface area contributed by atoms with Crippen molar-refractivity contribution in [3.05, 3.63) is 79.9 Å². The Hall–Kier alpha value is -2.08. The van der Waals surface area contributed by atoms with Gasteiger partial charge in [0.05, 0.1) is 0 Å². The van der Waals surface area contributed by atoms with Gasteiger partial charge in [-0.3, -0.25) is 0 Å². The van der Waals surface area contributed by atoms with E-state index in [-0.39, 0.29) is 0 Å². The number of hydrogen-bond acceptors (Lipinski definition) is 0. The topological polar surface area (TPSA) is 0 Å². The minimum Gasteiger partial charge on any atom is -0.0683 e. The van der Waals surface area contributed by atoms with Crippen LogP contribution in [0.25, 0.3) is 12.2 Å². The molecule has 0 N–H and O–H groups in total. The van der Waals surface area contributed by atoms with Gasteiger partial charge in [-0.15, -0.1) is 0 Å². The summed E-state index contributed by atoms with van der Waals surface area (Å²) in [5, 5.41) is 0. The Morgan fingerprint density at radius 3 is 1.46 bits per heavy atom. The molecule has 0 spiro atoms. The minimum atomic E-state index is 1.13. The molecule has 0 heterocycles. The van der Waals surface area contributed by atoms with E-state index in [0.29, 0.717) is 0 Å². The van der Waals surface area contributed by atoms with Gasteiger partial charge in [-0.05, 0) is 97.9 Å². The largest absolute Gasteiger partial charge is 0.0683 e. The molecule has 0 atom stereocenters. The average molecular weight is 314 g/mol. The van der Waals surface area contributed by atoms with Gasteiger partial charge < -0.3 is 0 Å². The van der Waals surface area contributed by atoms with E-state index < -0.39 is 0 Å². The molecule has 2 aliphatic rings. The zero-order chi connectivity index (χ0) is 16.8. The first-order valence-electron chi connectivity index (χ1n) is 9.09. The Morgan fingerprint density at radius 2 is 1.04 bits per heavy atom. The van der Waals surface area contributed by atoms with Crippen LogP contribution in [0.3, 0.4) is 0 Å². The first kappa shape index (κ1) is 15.4. The quantitative estimate of drug-likeness (QED) is 0.651. The lowest BCUT2D eigenvalue weighted by Gasteiger charge is -2.12. The first-order chi connectivity index (χ1) is 11.5. The molecule has 0 saturated heterocycles. The molecule has 0 fully saturated rings. The van der Waals surface area contributed by atoms with E-state index >= 15 is 0 Å². The van der Waals surface area contributed by atoms with E-state index in [2.05, 4.69) is 64.1 Å². The Labute approximate surface area is 145 Å². The molecule has 0 bridgehead atoms. The smallest absolute Gasteiger partial charge is 0.00605 e. The maximum atomic E-state index is 2.45. The van der Waals surface area contributed by atoms with Gasteiger partial charge in [0.1, 0.15) is 0 Å². The molecule has 0 aromatic heterocycles. The van der Waals surface area contributed by atoms with Gasteiger partial charge in [0.15, 0.2) is 0 Å². The van der Waals surface area contributed by atoms with Gasteiger partial charge >= 0.3 is 0 Å². The zero-order valence-corrected chi connectivity index (χ0v) is 15.3. The van der Waals surface area contributed by atoms with Crippen LogP contribution in [-0.4, -0.2) is 0 Å². The molecule has 0 unspecified atom stereocenters. The third kappa shape index (κ3) is 2.75. The Kier molecular flexibility index (Phi) is 3.72. The molecule has 2 aromatic rings. The van der Waals surface area contributed by atoms with E-state index in [1.165, 1.54) is 55.7 Å². The number of benzene rings is 2. The summed E-state index contributed by atoms with van der Waals surface area (Å²) >= 11 is 0. The van der Waals surface area contributed by atoms with E-state index in [1.807, 2.05) is 0 Å². The first-order valence-corrected chi connectivity index (χ1v) is 9.09. The molecular formula is C24H26. The van der Waals surface area contributed by atoms with Crippen LogP contribution >= 0.6 is 0 Å². The molecule has 122 valence electrons. The summed E-state index contributed by atoms with van der Waals surface area (Å²) in [7, 11) is 0. The average Bonchev–Trinajstić information content (AvgIpc) is 3.04. The standard InChI is InChI=1S/C24H26/c1-15-7-21-11-17(3)19(13-23(21)9-15)5-6-20-14-24-10-16(2)8-22(24)12-18(20)4/h7-8,11-14H,5-6,9-10H2,1-4H3. The van der Waals surface area contributed by atoms with Gasteiger partial charge in [0.2, 0.25) is 0 Å². The number of allylic oxidation sites excluding steroid dienone is 2. The van der Waals surface area contributed by atoms with E-state index in [4.69, 9.17) is 0 Å². The third-order valence-electron chi connectivity index (χ3n) is 5.60. The summed E-state index contributed by atoms with van der Waals surface area (Å²) in [5.41, 5.74) is 14.8. The van der Waals surface area contributed by atoms with Crippen LogP contribution in [-0.2, 0) is 25.7 Å². The Bertz CT molecular complexity index is 815. The number of fused-ring (bicyclic) bond motifs is 2. The molecule has 24 heavy (non-hydrogen) atoms. The van der Waals surface area contributed by atoms with Crippen molar-refractivity contribution >= 4 is 12.2 Å². The van der Waals surface area contributed by atoms with Crippen molar-refractivity contribution < 1.29 is 0 Å². The number of aryl methyl sites for hydroxylation is 4. The van der Waals surface area contributed by atoms with Crippen molar-refractivity contribution in [2.45, 2.75) is 53.4 Å². The number of rotatable bonds is 3. The van der Waals surface area contributed by atoms with Crippen molar-refractivity contribution in [1.29, 1.82) is 0 Å². The van der Waals surface area contributed by atoms with Gasteiger partial charge in [-0.1, -0.05) is 47.6 Å². The van der Waals surface area contributed by atoms with E-state index in [9.17, 15) is 0 Å². The normalized spacial score (nSPS) is 15.2. The van der Waals surface area contributed by atoms with Crippen LogP contribution in [0.5, 0.6) is 0 Å². The molecule has 4 rings (SSSR count). The van der Waals surface area contributed by atoms with E-state index in [1.54, 1.807) is 0 Å². The van der Waals surface area contributed by atoms with Crippen LogP contribution in [0.2, 0.25) is 0 Å². The highest BCUT2D eigenvalue weighted by Crippen LogP contribution is 2.30. The lowest BCUT2D eigenvalue weighted by Crippen LogP contribution is -2.00. The summed E-state index contributed by atoms with van der Waals surface area (Å²) in [6.07, 6.45) is 9.23. The van der Waals surface area contributed by atoms with Crippen molar-refractivity contribution in [2.75, 3.05) is 0 Å². The fourth-order valence-electron chi connectivity index (χ4n) is 4.27. The van der Waals surface area contributed by atoms with Crippen LogP contribution in [0.1, 0.15) is 58.4 Å². The lowest BCUT2D eigenvalue weighted by atomic mass is 9.93. The third-order valence-corrected chi connectivity index (χ3v) is 5.60. The predicted molar refractivity (Wildman–Crippen MR) is 104 cm³/mol. The molecule has 0 amide bonds. The second kappa shape index (κ2) is 5.77. The molecule has 0 radical (unpaired) electrons. The summed E-state index contributed by atoms with van der Waals surface area (Å²) < 4.78 is 0. The molecule has 0 nitrogen and oxygen atoms in total. The SMILES string of the molecule is CC1=Cc2cc(C)c(CCc3cc4c(cc3C)C=C(C)C4)cc2C1. The summed E-state index contributed by atoms with van der Waals surface area (Å²) in [5.74, 6) is 0. The van der Waals surface area contributed by atoms with Crippen molar-refractivity contribution in [3.8, 4) is 0 Å². The molecule has 0 saturated carbocycles. The summed E-state index contributed by atoms with van der Waals surface area (Å²) in [4.78, 5) is 0. The van der Waals surface area contributed by atoms with E-state index in [0.717, 1.165) is 25.7 Å². The summed E-state index contributed by atoms with van der Waals surface area (Å²) in [6, 6.07) is 9.66. The van der Waals surface area contributed by atoms with Crippen molar-refractivity contribution in [1.82, 2.24) is 0 Å². The Morgan fingerprint density at radius 1 is 0.625 bits per heavy atom. The minimum absolute atomic E-state index is 1.13. The molecule has 2 aliphatic carbocycles. The van der Waals surface area contributed by atoms with Crippen LogP contribution in [0, 0.1) is 13.8 Å². The maximum absolute atomic E-state index is 2.45. The zero-order valence-electron chi connectivity index (χ0n) is 15.3. The highest BCUT2D eigenvalue weighted by molar-refractivity contribution is 5.66. The molecular weight excluding hydrogens is 288 g/mol. The second-order valence-corrected chi connectivity index (χ2v) is 7.79. The van der Waals surface area contributed by atoms with Gasteiger partial charge in [0, 0.05) is 0 Å². The summed E-state index contributed by atoms with van der Waals surface area (Å²) in [6.45, 7) is 9.00. The van der Waals surface area contributed by atoms with Crippen LogP contribution in [0.4, 0.5) is 0 Å². The predicted octanol–water partition coefficient (Wildman–Crippen LogP) is 6.01.